The summed E-state index contributed by atoms with van der Waals surface area (Å²) in [5.74, 6) is -1.31. The Morgan fingerprint density at radius 1 is 0.938 bits per heavy atom. The Bertz CT molecular complexity index is 1140. The second kappa shape index (κ2) is 9.20. The number of halogens is 2. The van der Waals surface area contributed by atoms with E-state index in [9.17, 15) is 18.8 Å². The van der Waals surface area contributed by atoms with Crippen molar-refractivity contribution < 1.29 is 18.8 Å². The molecular formula is C24H19ClFN3O3. The third-order valence-electron chi connectivity index (χ3n) is 5.11. The number of urea groups is 1. The summed E-state index contributed by atoms with van der Waals surface area (Å²) >= 11 is 5.87. The number of nitrogens with one attached hydrogen (secondary N) is 1. The fraction of sp³-hybridized carbons (Fsp3) is 0.125. The summed E-state index contributed by atoms with van der Waals surface area (Å²) in [5.41, 5.74) is 1.60. The molecule has 1 heterocycles. The Morgan fingerprint density at radius 2 is 1.59 bits per heavy atom. The summed E-state index contributed by atoms with van der Waals surface area (Å²) in [6.45, 7) is 0.0626. The minimum Gasteiger partial charge on any atom is -0.326 e. The van der Waals surface area contributed by atoms with E-state index in [0.29, 0.717) is 22.0 Å². The van der Waals surface area contributed by atoms with Crippen LogP contribution in [0.2, 0.25) is 5.02 Å². The molecule has 3 aromatic carbocycles. The third kappa shape index (κ3) is 4.63. The Balaban J connectivity index is 1.58. The highest BCUT2D eigenvalue weighted by molar-refractivity contribution is 6.30. The monoisotopic (exact) mass is 451 g/mol. The molecule has 1 aliphatic heterocycles. The molecule has 0 unspecified atom stereocenters. The van der Waals surface area contributed by atoms with E-state index >= 15 is 0 Å². The normalized spacial score (nSPS) is 15.9. The van der Waals surface area contributed by atoms with Crippen LogP contribution in [0.25, 0.3) is 0 Å². The quantitative estimate of drug-likeness (QED) is 0.545. The average molecular weight is 452 g/mol. The summed E-state index contributed by atoms with van der Waals surface area (Å²) in [7, 11) is 0. The molecule has 3 aromatic rings. The number of rotatable bonds is 6. The largest absolute Gasteiger partial charge is 0.332 e. The second-order valence-electron chi connectivity index (χ2n) is 7.32. The summed E-state index contributed by atoms with van der Waals surface area (Å²) in [4.78, 5) is 41.5. The maximum absolute atomic E-state index is 13.3. The summed E-state index contributed by atoms with van der Waals surface area (Å²) < 4.78 is 13.3. The van der Waals surface area contributed by atoms with Crippen LogP contribution in [0.3, 0.4) is 0 Å². The number of hydrogen-bond donors (Lipinski definition) is 1. The van der Waals surface area contributed by atoms with Crippen LogP contribution in [0, 0.1) is 5.82 Å². The SMILES string of the molecule is O=C(C[C@H]1C(=O)N(c2ccccc2)C(=O)N1Cc1ccc(F)cc1)Nc1ccc(Cl)cc1. The predicted octanol–water partition coefficient (Wildman–Crippen LogP) is 4.85. The topological polar surface area (TPSA) is 69.7 Å². The van der Waals surface area contributed by atoms with Crippen molar-refractivity contribution in [1.29, 1.82) is 0 Å². The molecule has 0 radical (unpaired) electrons. The number of nitrogens with zero attached hydrogens (tertiary/aromatic N) is 2. The van der Waals surface area contributed by atoms with Gasteiger partial charge < -0.3 is 10.2 Å². The molecule has 6 nitrogen and oxygen atoms in total. The van der Waals surface area contributed by atoms with Gasteiger partial charge in [-0.05, 0) is 54.1 Å². The lowest BCUT2D eigenvalue weighted by atomic mass is 10.1. The fourth-order valence-electron chi connectivity index (χ4n) is 3.54. The number of anilines is 2. The first-order chi connectivity index (χ1) is 15.4. The van der Waals surface area contributed by atoms with Gasteiger partial charge in [-0.3, -0.25) is 9.59 Å². The van der Waals surface area contributed by atoms with Crippen molar-refractivity contribution in [3.63, 3.8) is 0 Å². The summed E-state index contributed by atoms with van der Waals surface area (Å²) in [6.07, 6.45) is -0.224. The first-order valence-corrected chi connectivity index (χ1v) is 10.3. The van der Waals surface area contributed by atoms with Gasteiger partial charge in [0.05, 0.1) is 12.1 Å². The van der Waals surface area contributed by atoms with Gasteiger partial charge in [0.25, 0.3) is 5.91 Å². The van der Waals surface area contributed by atoms with Gasteiger partial charge in [-0.25, -0.2) is 14.1 Å². The fourth-order valence-corrected chi connectivity index (χ4v) is 3.66. The molecule has 32 heavy (non-hydrogen) atoms. The van der Waals surface area contributed by atoms with Crippen LogP contribution in [0.15, 0.2) is 78.9 Å². The summed E-state index contributed by atoms with van der Waals surface area (Å²) in [6, 6.07) is 19.2. The van der Waals surface area contributed by atoms with Gasteiger partial charge in [0.15, 0.2) is 0 Å². The van der Waals surface area contributed by atoms with E-state index in [4.69, 9.17) is 11.6 Å². The van der Waals surface area contributed by atoms with Gasteiger partial charge in [-0.15, -0.1) is 0 Å². The lowest BCUT2D eigenvalue weighted by Gasteiger charge is -2.21. The lowest BCUT2D eigenvalue weighted by molar-refractivity contribution is -0.124. The zero-order valence-corrected chi connectivity index (χ0v) is 17.6. The first-order valence-electron chi connectivity index (χ1n) is 9.92. The molecule has 4 rings (SSSR count). The highest BCUT2D eigenvalue weighted by Crippen LogP contribution is 2.28. The zero-order valence-electron chi connectivity index (χ0n) is 16.9. The molecular weight excluding hydrogens is 433 g/mol. The van der Waals surface area contributed by atoms with Gasteiger partial charge in [-0.1, -0.05) is 41.9 Å². The molecule has 0 saturated carbocycles. The Labute approximate surface area is 189 Å². The molecule has 8 heteroatoms. The maximum Gasteiger partial charge on any atom is 0.332 e. The average Bonchev–Trinajstić information content (AvgIpc) is 3.01. The number of para-hydroxylation sites is 1. The van der Waals surface area contributed by atoms with E-state index in [-0.39, 0.29) is 13.0 Å². The molecule has 1 saturated heterocycles. The number of imide groups is 1. The molecule has 4 amide bonds. The van der Waals surface area contributed by atoms with E-state index in [0.717, 1.165) is 4.90 Å². The van der Waals surface area contributed by atoms with Crippen molar-refractivity contribution in [1.82, 2.24) is 4.90 Å². The van der Waals surface area contributed by atoms with Crippen molar-refractivity contribution in [2.45, 2.75) is 19.0 Å². The minimum absolute atomic E-state index is 0.0626. The van der Waals surface area contributed by atoms with Gasteiger partial charge in [0.2, 0.25) is 5.91 Å². The van der Waals surface area contributed by atoms with E-state index in [2.05, 4.69) is 5.32 Å². The molecule has 1 fully saturated rings. The molecule has 0 aliphatic carbocycles. The Hall–Kier alpha value is -3.71. The van der Waals surface area contributed by atoms with Gasteiger partial charge in [0.1, 0.15) is 11.9 Å². The molecule has 1 atom stereocenters. The standard InChI is InChI=1S/C24H19ClFN3O3/c25-17-8-12-19(13-9-17)27-22(30)14-21-23(31)29(20-4-2-1-3-5-20)24(32)28(21)15-16-6-10-18(26)11-7-16/h1-13,21H,14-15H2,(H,27,30)/t21-/m0/s1. The summed E-state index contributed by atoms with van der Waals surface area (Å²) in [5, 5.41) is 3.25. The van der Waals surface area contributed by atoms with Crippen LogP contribution < -0.4 is 10.2 Å². The second-order valence-corrected chi connectivity index (χ2v) is 7.76. The van der Waals surface area contributed by atoms with Crippen molar-refractivity contribution >= 4 is 40.8 Å². The van der Waals surface area contributed by atoms with Crippen molar-refractivity contribution in [2.24, 2.45) is 0 Å². The van der Waals surface area contributed by atoms with E-state index in [1.807, 2.05) is 0 Å². The molecule has 0 spiro atoms. The molecule has 0 bridgehead atoms. The molecule has 162 valence electrons. The van der Waals surface area contributed by atoms with Crippen LogP contribution in [0.1, 0.15) is 12.0 Å². The van der Waals surface area contributed by atoms with Crippen molar-refractivity contribution in [3.05, 3.63) is 95.3 Å². The number of amides is 4. The van der Waals surface area contributed by atoms with Crippen molar-refractivity contribution in [3.8, 4) is 0 Å². The van der Waals surface area contributed by atoms with Crippen LogP contribution in [0.4, 0.5) is 20.6 Å². The first kappa shape index (κ1) is 21.5. The number of hydrogen-bond acceptors (Lipinski definition) is 3. The van der Waals surface area contributed by atoms with Crippen molar-refractivity contribution in [2.75, 3.05) is 10.2 Å². The zero-order chi connectivity index (χ0) is 22.7. The Kier molecular flexibility index (Phi) is 6.18. The van der Waals surface area contributed by atoms with Gasteiger partial charge in [0, 0.05) is 17.3 Å². The maximum atomic E-state index is 13.3. The molecule has 1 aliphatic rings. The van der Waals surface area contributed by atoms with Crippen LogP contribution in [-0.2, 0) is 16.1 Å². The van der Waals surface area contributed by atoms with Gasteiger partial charge >= 0.3 is 6.03 Å². The van der Waals surface area contributed by atoms with E-state index < -0.39 is 29.7 Å². The predicted molar refractivity (Wildman–Crippen MR) is 120 cm³/mol. The number of carbonyl (C=O) groups excluding carboxylic acids is 3. The Morgan fingerprint density at radius 3 is 2.25 bits per heavy atom. The van der Waals surface area contributed by atoms with Crippen LogP contribution >= 0.6 is 11.6 Å². The smallest absolute Gasteiger partial charge is 0.326 e. The third-order valence-corrected chi connectivity index (χ3v) is 5.36. The lowest BCUT2D eigenvalue weighted by Crippen LogP contribution is -2.37. The van der Waals surface area contributed by atoms with Gasteiger partial charge in [-0.2, -0.15) is 0 Å². The van der Waals surface area contributed by atoms with E-state index in [1.165, 1.54) is 17.0 Å². The molecule has 1 N–H and O–H groups in total. The highest BCUT2D eigenvalue weighted by Gasteiger charge is 2.46. The van der Waals surface area contributed by atoms with Crippen LogP contribution in [0.5, 0.6) is 0 Å². The van der Waals surface area contributed by atoms with E-state index in [1.54, 1.807) is 66.7 Å². The number of carbonyl (C=O) groups is 3. The molecule has 0 aromatic heterocycles. The minimum atomic E-state index is -1.000. The highest BCUT2D eigenvalue weighted by atomic mass is 35.5. The number of benzene rings is 3. The van der Waals surface area contributed by atoms with Crippen LogP contribution in [-0.4, -0.2) is 28.8 Å².